The highest BCUT2D eigenvalue weighted by molar-refractivity contribution is 5.98. The third kappa shape index (κ3) is 4.10. The van der Waals surface area contributed by atoms with Gasteiger partial charge in [0.25, 0.3) is 0 Å². The fraction of sp³-hybridized carbons (Fsp3) is 0.375. The topological polar surface area (TPSA) is 17.1 Å². The number of allylic oxidation sites excluding steroid dienone is 1. The first-order chi connectivity index (χ1) is 12.3. The normalized spacial score (nSPS) is 17.5. The Bertz CT molecular complexity index is 776. The molecule has 0 bridgehead atoms. The summed E-state index contributed by atoms with van der Waals surface area (Å²) in [6.07, 6.45) is 13.4. The molecule has 0 amide bonds. The van der Waals surface area contributed by atoms with Crippen molar-refractivity contribution in [3.63, 3.8) is 0 Å². The molecule has 0 aromatic heterocycles. The van der Waals surface area contributed by atoms with E-state index in [2.05, 4.69) is 42.5 Å². The SMILES string of the molecule is O=C1C=Cc2ccc(Cc3ccc(CC4CCCCC4)cc3)cc2C1. The Kier molecular flexibility index (Phi) is 4.83. The van der Waals surface area contributed by atoms with Gasteiger partial charge in [-0.25, -0.2) is 0 Å². The lowest BCUT2D eigenvalue weighted by molar-refractivity contribution is -0.114. The van der Waals surface area contributed by atoms with Gasteiger partial charge in [-0.1, -0.05) is 80.6 Å². The van der Waals surface area contributed by atoms with Gasteiger partial charge in [-0.15, -0.1) is 0 Å². The lowest BCUT2D eigenvalue weighted by Gasteiger charge is -2.21. The average molecular weight is 330 g/mol. The first-order valence-electron chi connectivity index (χ1n) is 9.67. The molecule has 2 aliphatic carbocycles. The van der Waals surface area contributed by atoms with Crippen molar-refractivity contribution in [1.82, 2.24) is 0 Å². The molecule has 1 saturated carbocycles. The van der Waals surface area contributed by atoms with Gasteiger partial charge >= 0.3 is 0 Å². The van der Waals surface area contributed by atoms with Crippen LogP contribution in [-0.4, -0.2) is 5.78 Å². The smallest absolute Gasteiger partial charge is 0.160 e. The first kappa shape index (κ1) is 16.3. The van der Waals surface area contributed by atoms with Crippen LogP contribution in [0.3, 0.4) is 0 Å². The van der Waals surface area contributed by atoms with Gasteiger partial charge in [-0.3, -0.25) is 4.79 Å². The Labute approximate surface area is 150 Å². The van der Waals surface area contributed by atoms with E-state index in [4.69, 9.17) is 0 Å². The molecule has 0 atom stereocenters. The van der Waals surface area contributed by atoms with Crippen molar-refractivity contribution in [3.05, 3.63) is 76.4 Å². The van der Waals surface area contributed by atoms with E-state index in [-0.39, 0.29) is 5.78 Å². The summed E-state index contributed by atoms with van der Waals surface area (Å²) in [5.41, 5.74) is 6.48. The maximum Gasteiger partial charge on any atom is 0.160 e. The van der Waals surface area contributed by atoms with Gasteiger partial charge in [0.1, 0.15) is 0 Å². The van der Waals surface area contributed by atoms with Crippen LogP contribution in [0.5, 0.6) is 0 Å². The summed E-state index contributed by atoms with van der Waals surface area (Å²) in [6, 6.07) is 15.7. The van der Waals surface area contributed by atoms with Crippen molar-refractivity contribution in [1.29, 1.82) is 0 Å². The summed E-state index contributed by atoms with van der Waals surface area (Å²) in [7, 11) is 0. The van der Waals surface area contributed by atoms with Gasteiger partial charge in [0.2, 0.25) is 0 Å². The van der Waals surface area contributed by atoms with Gasteiger partial charge in [0.05, 0.1) is 0 Å². The largest absolute Gasteiger partial charge is 0.294 e. The quantitative estimate of drug-likeness (QED) is 0.719. The van der Waals surface area contributed by atoms with Crippen molar-refractivity contribution < 1.29 is 4.79 Å². The molecule has 0 unspecified atom stereocenters. The Balaban J connectivity index is 1.42. The molecule has 0 aliphatic heterocycles. The minimum atomic E-state index is 0.205. The van der Waals surface area contributed by atoms with Gasteiger partial charge < -0.3 is 0 Å². The predicted molar refractivity (Wildman–Crippen MR) is 104 cm³/mol. The highest BCUT2D eigenvalue weighted by Crippen LogP contribution is 2.27. The number of benzene rings is 2. The van der Waals surface area contributed by atoms with Crippen LogP contribution in [0.15, 0.2) is 48.5 Å². The van der Waals surface area contributed by atoms with Crippen molar-refractivity contribution in [2.45, 2.75) is 51.4 Å². The van der Waals surface area contributed by atoms with E-state index < -0.39 is 0 Å². The number of carbonyl (C=O) groups is 1. The lowest BCUT2D eigenvalue weighted by Crippen LogP contribution is -2.09. The molecule has 2 aliphatic rings. The zero-order valence-corrected chi connectivity index (χ0v) is 14.8. The van der Waals surface area contributed by atoms with Crippen LogP contribution in [0.25, 0.3) is 6.08 Å². The van der Waals surface area contributed by atoms with Crippen LogP contribution in [0, 0.1) is 5.92 Å². The third-order valence-electron chi connectivity index (χ3n) is 5.70. The van der Waals surface area contributed by atoms with Crippen molar-refractivity contribution in [2.24, 2.45) is 5.92 Å². The second-order valence-electron chi connectivity index (χ2n) is 7.71. The molecule has 2 aromatic carbocycles. The molecular formula is C24H26O. The fourth-order valence-electron chi connectivity index (χ4n) is 4.27. The molecule has 0 spiro atoms. The molecule has 0 N–H and O–H groups in total. The van der Waals surface area contributed by atoms with Gasteiger partial charge in [0, 0.05) is 6.42 Å². The summed E-state index contributed by atoms with van der Waals surface area (Å²) < 4.78 is 0. The highest BCUT2D eigenvalue weighted by atomic mass is 16.1. The van der Waals surface area contributed by atoms with E-state index in [1.165, 1.54) is 66.3 Å². The van der Waals surface area contributed by atoms with Crippen molar-refractivity contribution in [3.8, 4) is 0 Å². The summed E-state index contributed by atoms with van der Waals surface area (Å²) in [6.45, 7) is 0. The molecule has 25 heavy (non-hydrogen) atoms. The Morgan fingerprint density at radius 1 is 0.800 bits per heavy atom. The number of carbonyl (C=O) groups excluding carboxylic acids is 1. The van der Waals surface area contributed by atoms with Crippen LogP contribution in [0.1, 0.15) is 59.9 Å². The summed E-state index contributed by atoms with van der Waals surface area (Å²) in [5, 5.41) is 0. The van der Waals surface area contributed by atoms with E-state index in [0.717, 1.165) is 12.3 Å². The number of hydrogen-bond donors (Lipinski definition) is 0. The molecule has 2 aromatic rings. The molecule has 1 heteroatoms. The third-order valence-corrected chi connectivity index (χ3v) is 5.70. The van der Waals surface area contributed by atoms with E-state index in [9.17, 15) is 4.79 Å². The Hall–Kier alpha value is -2.15. The summed E-state index contributed by atoms with van der Waals surface area (Å²) in [4.78, 5) is 11.6. The van der Waals surface area contributed by atoms with Crippen LogP contribution < -0.4 is 0 Å². The maximum atomic E-state index is 11.6. The molecule has 1 nitrogen and oxygen atoms in total. The molecule has 0 saturated heterocycles. The van der Waals surface area contributed by atoms with Crippen LogP contribution in [0.2, 0.25) is 0 Å². The van der Waals surface area contributed by atoms with E-state index in [0.29, 0.717) is 6.42 Å². The highest BCUT2D eigenvalue weighted by Gasteiger charge is 2.14. The molecule has 128 valence electrons. The van der Waals surface area contributed by atoms with E-state index >= 15 is 0 Å². The van der Waals surface area contributed by atoms with Gasteiger partial charge in [-0.05, 0) is 52.7 Å². The summed E-state index contributed by atoms with van der Waals surface area (Å²) in [5.74, 6) is 1.10. The van der Waals surface area contributed by atoms with Crippen molar-refractivity contribution >= 4 is 11.9 Å². The minimum Gasteiger partial charge on any atom is -0.294 e. The molecule has 0 heterocycles. The molecule has 1 fully saturated rings. The zero-order chi connectivity index (χ0) is 17.1. The predicted octanol–water partition coefficient (Wildman–Crippen LogP) is 5.54. The number of hydrogen-bond acceptors (Lipinski definition) is 1. The zero-order valence-electron chi connectivity index (χ0n) is 14.8. The summed E-state index contributed by atoms with van der Waals surface area (Å²) >= 11 is 0. The monoisotopic (exact) mass is 330 g/mol. The van der Waals surface area contributed by atoms with Crippen LogP contribution in [-0.2, 0) is 24.1 Å². The number of fused-ring (bicyclic) bond motifs is 1. The van der Waals surface area contributed by atoms with Crippen molar-refractivity contribution in [2.75, 3.05) is 0 Å². The number of ketones is 1. The second kappa shape index (κ2) is 7.39. The van der Waals surface area contributed by atoms with Gasteiger partial charge in [0.15, 0.2) is 5.78 Å². The lowest BCUT2D eigenvalue weighted by atomic mass is 9.84. The standard InChI is InChI=1S/C24H26O/c25-24-13-12-22-11-10-21(16-23(22)17-24)15-20-8-6-19(7-9-20)14-18-4-2-1-3-5-18/h6-13,16,18H,1-5,14-15,17H2. The maximum absolute atomic E-state index is 11.6. The average Bonchev–Trinajstić information content (AvgIpc) is 2.64. The first-order valence-corrected chi connectivity index (χ1v) is 9.67. The Morgan fingerprint density at radius 2 is 1.52 bits per heavy atom. The Morgan fingerprint density at radius 3 is 2.32 bits per heavy atom. The second-order valence-corrected chi connectivity index (χ2v) is 7.71. The molecule has 0 radical (unpaired) electrons. The van der Waals surface area contributed by atoms with E-state index in [1.54, 1.807) is 6.08 Å². The molecule has 4 rings (SSSR count). The van der Waals surface area contributed by atoms with Crippen LogP contribution in [0.4, 0.5) is 0 Å². The molecular weight excluding hydrogens is 304 g/mol. The van der Waals surface area contributed by atoms with Gasteiger partial charge in [-0.2, -0.15) is 0 Å². The minimum absolute atomic E-state index is 0.205. The van der Waals surface area contributed by atoms with E-state index in [1.807, 2.05) is 6.08 Å². The fourth-order valence-corrected chi connectivity index (χ4v) is 4.27. The van der Waals surface area contributed by atoms with Crippen LogP contribution >= 0.6 is 0 Å². The number of rotatable bonds is 4.